The van der Waals surface area contributed by atoms with E-state index in [1.54, 1.807) is 6.07 Å². The SMILES string of the molecule is CN(C)[C@@H](CNC(=O)CNC(=O)C1CCCCC1)c1cccc(F)c1. The molecule has 1 saturated carbocycles. The molecule has 25 heavy (non-hydrogen) atoms. The summed E-state index contributed by atoms with van der Waals surface area (Å²) in [7, 11) is 3.76. The number of carbonyl (C=O) groups excluding carboxylic acids is 2. The van der Waals surface area contributed by atoms with E-state index in [2.05, 4.69) is 10.6 Å². The van der Waals surface area contributed by atoms with E-state index in [4.69, 9.17) is 0 Å². The van der Waals surface area contributed by atoms with Crippen LogP contribution < -0.4 is 10.6 Å². The molecule has 6 heteroatoms. The second-order valence-electron chi connectivity index (χ2n) is 6.89. The van der Waals surface area contributed by atoms with E-state index < -0.39 is 0 Å². The lowest BCUT2D eigenvalue weighted by Gasteiger charge is -2.25. The Bertz CT molecular complexity index is 586. The average Bonchev–Trinajstić information content (AvgIpc) is 2.60. The molecule has 0 saturated heterocycles. The van der Waals surface area contributed by atoms with Gasteiger partial charge in [0.25, 0.3) is 0 Å². The molecule has 2 rings (SSSR count). The van der Waals surface area contributed by atoms with Crippen LogP contribution in [0.5, 0.6) is 0 Å². The lowest BCUT2D eigenvalue weighted by molar-refractivity contribution is -0.129. The first-order valence-electron chi connectivity index (χ1n) is 8.93. The highest BCUT2D eigenvalue weighted by Gasteiger charge is 2.21. The minimum atomic E-state index is -0.296. The predicted octanol–water partition coefficient (Wildman–Crippen LogP) is 2.24. The largest absolute Gasteiger partial charge is 0.353 e. The van der Waals surface area contributed by atoms with Gasteiger partial charge in [0.15, 0.2) is 0 Å². The molecule has 2 N–H and O–H groups in total. The van der Waals surface area contributed by atoms with Crippen molar-refractivity contribution in [3.05, 3.63) is 35.6 Å². The van der Waals surface area contributed by atoms with Crippen LogP contribution >= 0.6 is 0 Å². The molecular weight excluding hydrogens is 321 g/mol. The lowest BCUT2D eigenvalue weighted by atomic mass is 9.89. The zero-order valence-electron chi connectivity index (χ0n) is 15.1. The quantitative estimate of drug-likeness (QED) is 0.794. The van der Waals surface area contributed by atoms with Crippen LogP contribution in [-0.2, 0) is 9.59 Å². The zero-order valence-corrected chi connectivity index (χ0v) is 15.1. The number of amides is 2. The maximum atomic E-state index is 13.4. The van der Waals surface area contributed by atoms with Crippen molar-refractivity contribution in [3.63, 3.8) is 0 Å². The molecule has 5 nitrogen and oxygen atoms in total. The van der Waals surface area contributed by atoms with E-state index in [0.717, 1.165) is 31.2 Å². The molecule has 0 aliphatic heterocycles. The fourth-order valence-electron chi connectivity index (χ4n) is 3.26. The summed E-state index contributed by atoms with van der Waals surface area (Å²) in [5.41, 5.74) is 0.802. The molecule has 0 heterocycles. The van der Waals surface area contributed by atoms with Crippen LogP contribution in [-0.4, -0.2) is 43.9 Å². The third kappa shape index (κ3) is 6.12. The Labute approximate surface area is 149 Å². The van der Waals surface area contributed by atoms with E-state index in [1.165, 1.54) is 18.6 Å². The van der Waals surface area contributed by atoms with Gasteiger partial charge in [0.2, 0.25) is 11.8 Å². The Morgan fingerprint density at radius 2 is 1.92 bits per heavy atom. The van der Waals surface area contributed by atoms with E-state index in [-0.39, 0.29) is 36.1 Å². The summed E-state index contributed by atoms with van der Waals surface area (Å²) >= 11 is 0. The molecule has 0 spiro atoms. The van der Waals surface area contributed by atoms with Crippen molar-refractivity contribution in [3.8, 4) is 0 Å². The zero-order chi connectivity index (χ0) is 18.2. The Morgan fingerprint density at radius 3 is 2.56 bits per heavy atom. The van der Waals surface area contributed by atoms with Gasteiger partial charge < -0.3 is 15.5 Å². The molecule has 0 bridgehead atoms. The van der Waals surface area contributed by atoms with Gasteiger partial charge in [-0.3, -0.25) is 9.59 Å². The number of rotatable bonds is 7. The summed E-state index contributed by atoms with van der Waals surface area (Å²) in [5.74, 6) is -0.504. The molecule has 2 amide bonds. The number of hydrogen-bond donors (Lipinski definition) is 2. The molecule has 1 aromatic carbocycles. The van der Waals surface area contributed by atoms with Gasteiger partial charge in [0.05, 0.1) is 12.6 Å². The van der Waals surface area contributed by atoms with Crippen LogP contribution in [0.15, 0.2) is 24.3 Å². The van der Waals surface area contributed by atoms with E-state index in [1.807, 2.05) is 25.1 Å². The fourth-order valence-corrected chi connectivity index (χ4v) is 3.26. The first kappa shape index (κ1) is 19.4. The Kier molecular flexibility index (Phi) is 7.37. The number of halogens is 1. The number of nitrogens with zero attached hydrogens (tertiary/aromatic N) is 1. The standard InChI is InChI=1S/C19H28FN3O2/c1-23(2)17(15-9-6-10-16(20)11-15)12-21-18(24)13-22-19(25)14-7-4-3-5-8-14/h6,9-11,14,17H,3-5,7-8,12-13H2,1-2H3,(H,21,24)(H,22,25)/t17-/m0/s1. The Balaban J connectivity index is 1.79. The summed E-state index contributed by atoms with van der Waals surface area (Å²) in [5, 5.41) is 5.55. The smallest absolute Gasteiger partial charge is 0.239 e. The molecule has 1 atom stereocenters. The molecule has 1 fully saturated rings. The Hall–Kier alpha value is -1.95. The molecule has 1 aliphatic rings. The second-order valence-corrected chi connectivity index (χ2v) is 6.89. The van der Waals surface area contributed by atoms with Crippen LogP contribution in [0, 0.1) is 11.7 Å². The first-order valence-corrected chi connectivity index (χ1v) is 8.93. The molecule has 1 aliphatic carbocycles. The van der Waals surface area contributed by atoms with Gasteiger partial charge in [0.1, 0.15) is 5.82 Å². The van der Waals surface area contributed by atoms with E-state index >= 15 is 0 Å². The fraction of sp³-hybridized carbons (Fsp3) is 0.579. The summed E-state index contributed by atoms with van der Waals surface area (Å²) in [6.07, 6.45) is 5.19. The lowest BCUT2D eigenvalue weighted by Crippen LogP contribution is -2.42. The number of benzene rings is 1. The van der Waals surface area contributed by atoms with Crippen LogP contribution in [0.25, 0.3) is 0 Å². The number of carbonyl (C=O) groups is 2. The molecule has 0 unspecified atom stereocenters. The summed E-state index contributed by atoms with van der Waals surface area (Å²) in [6, 6.07) is 6.24. The minimum absolute atomic E-state index is 0.0152. The normalized spacial score (nSPS) is 16.5. The third-order valence-electron chi connectivity index (χ3n) is 4.75. The third-order valence-corrected chi connectivity index (χ3v) is 4.75. The van der Waals surface area contributed by atoms with Crippen molar-refractivity contribution in [2.45, 2.75) is 38.1 Å². The van der Waals surface area contributed by atoms with Crippen LogP contribution in [0.4, 0.5) is 4.39 Å². The van der Waals surface area contributed by atoms with Crippen molar-refractivity contribution in [2.75, 3.05) is 27.2 Å². The maximum absolute atomic E-state index is 13.4. The van der Waals surface area contributed by atoms with Crippen molar-refractivity contribution in [1.82, 2.24) is 15.5 Å². The van der Waals surface area contributed by atoms with Gasteiger partial charge in [0, 0.05) is 12.5 Å². The number of hydrogen-bond acceptors (Lipinski definition) is 3. The van der Waals surface area contributed by atoms with E-state index in [0.29, 0.717) is 6.54 Å². The topological polar surface area (TPSA) is 61.4 Å². The molecular formula is C19H28FN3O2. The van der Waals surface area contributed by atoms with Gasteiger partial charge >= 0.3 is 0 Å². The molecule has 0 aromatic heterocycles. The first-order chi connectivity index (χ1) is 12.0. The van der Waals surface area contributed by atoms with E-state index in [9.17, 15) is 14.0 Å². The number of likely N-dealkylation sites (N-methyl/N-ethyl adjacent to an activating group) is 1. The van der Waals surface area contributed by atoms with Gasteiger partial charge in [-0.15, -0.1) is 0 Å². The van der Waals surface area contributed by atoms with Crippen LogP contribution in [0.3, 0.4) is 0 Å². The van der Waals surface area contributed by atoms with Gasteiger partial charge in [-0.05, 0) is 44.6 Å². The predicted molar refractivity (Wildman–Crippen MR) is 95.4 cm³/mol. The summed E-state index contributed by atoms with van der Waals surface area (Å²) < 4.78 is 13.4. The van der Waals surface area contributed by atoms with Gasteiger partial charge in [-0.1, -0.05) is 31.4 Å². The highest BCUT2D eigenvalue weighted by Crippen LogP contribution is 2.23. The monoisotopic (exact) mass is 349 g/mol. The van der Waals surface area contributed by atoms with Crippen molar-refractivity contribution >= 4 is 11.8 Å². The highest BCUT2D eigenvalue weighted by atomic mass is 19.1. The highest BCUT2D eigenvalue weighted by molar-refractivity contribution is 5.85. The Morgan fingerprint density at radius 1 is 1.20 bits per heavy atom. The van der Waals surface area contributed by atoms with Crippen LogP contribution in [0.1, 0.15) is 43.7 Å². The van der Waals surface area contributed by atoms with Crippen LogP contribution in [0.2, 0.25) is 0 Å². The molecule has 0 radical (unpaired) electrons. The van der Waals surface area contributed by atoms with Gasteiger partial charge in [-0.2, -0.15) is 0 Å². The molecule has 1 aromatic rings. The van der Waals surface area contributed by atoms with Crippen molar-refractivity contribution in [2.24, 2.45) is 5.92 Å². The summed E-state index contributed by atoms with van der Waals surface area (Å²) in [4.78, 5) is 26.0. The average molecular weight is 349 g/mol. The van der Waals surface area contributed by atoms with Gasteiger partial charge in [-0.25, -0.2) is 4.39 Å². The maximum Gasteiger partial charge on any atom is 0.239 e. The summed E-state index contributed by atoms with van der Waals surface area (Å²) in [6.45, 7) is 0.340. The van der Waals surface area contributed by atoms with Crippen molar-refractivity contribution in [1.29, 1.82) is 0 Å². The minimum Gasteiger partial charge on any atom is -0.353 e. The van der Waals surface area contributed by atoms with Crippen molar-refractivity contribution < 1.29 is 14.0 Å². The second kappa shape index (κ2) is 9.51. The number of nitrogens with one attached hydrogen (secondary N) is 2. The molecule has 138 valence electrons.